The number of benzene rings is 10. The van der Waals surface area contributed by atoms with E-state index in [1.54, 1.807) is 0 Å². The van der Waals surface area contributed by atoms with Gasteiger partial charge in [0.1, 0.15) is 0 Å². The minimum Gasteiger partial charge on any atom is -0.0654 e. The third-order valence-corrected chi connectivity index (χ3v) is 28.8. The molecule has 0 heteroatoms. The molecule has 0 aliphatic heterocycles. The van der Waals surface area contributed by atoms with Crippen LogP contribution in [0, 0.1) is 0 Å². The lowest BCUT2D eigenvalue weighted by Crippen LogP contribution is -2.01. The molecule has 10 aromatic rings. The first kappa shape index (κ1) is 101. The van der Waals surface area contributed by atoms with Crippen LogP contribution in [0.25, 0.3) is 99.1 Å². The minimum absolute atomic E-state index is 1.12. The Morgan fingerprint density at radius 3 is 0.540 bits per heavy atom. The van der Waals surface area contributed by atoms with Crippen LogP contribution in [-0.2, 0) is 38.5 Å². The Balaban J connectivity index is 1.18. The zero-order valence-electron chi connectivity index (χ0n) is 82.0. The molecule has 0 saturated heterocycles. The van der Waals surface area contributed by atoms with Crippen LogP contribution in [-0.4, -0.2) is 0 Å². The van der Waals surface area contributed by atoms with Gasteiger partial charge in [0, 0.05) is 0 Å². The summed E-state index contributed by atoms with van der Waals surface area (Å²) in [6.45, 7) is 14.0. The van der Waals surface area contributed by atoms with E-state index in [0.717, 1.165) is 38.5 Å². The highest BCUT2D eigenvalue weighted by molar-refractivity contribution is 6.38. The van der Waals surface area contributed by atoms with Gasteiger partial charge in [-0.2, -0.15) is 0 Å². The summed E-state index contributed by atoms with van der Waals surface area (Å²) >= 11 is 0. The molecule has 0 amide bonds. The Morgan fingerprint density at radius 1 is 0.127 bits per heavy atom. The molecule has 0 spiro atoms. The summed E-state index contributed by atoms with van der Waals surface area (Å²) < 4.78 is 0. The maximum atomic E-state index is 2.59. The molecule has 0 nitrogen and oxygen atoms in total. The average molecular weight is 1690 g/mol. The van der Waals surface area contributed by atoms with Crippen molar-refractivity contribution < 1.29 is 0 Å². The van der Waals surface area contributed by atoms with Crippen molar-refractivity contribution in [2.24, 2.45) is 0 Å². The van der Waals surface area contributed by atoms with Crippen molar-refractivity contribution in [2.45, 2.75) is 465 Å². The Morgan fingerprint density at radius 2 is 0.302 bits per heavy atom. The third kappa shape index (κ3) is 34.7. The molecule has 0 aliphatic carbocycles. The lowest BCUT2D eigenvalue weighted by Gasteiger charge is -2.28. The van der Waals surface area contributed by atoms with Gasteiger partial charge in [-0.05, 0) is 210 Å². The first-order valence-electron chi connectivity index (χ1n) is 54.5. The van der Waals surface area contributed by atoms with E-state index in [0.29, 0.717) is 0 Å². The molecular weight excluding hydrogens is 1510 g/mol. The first-order chi connectivity index (χ1) is 62.5. The van der Waals surface area contributed by atoms with Gasteiger partial charge in [-0.1, -0.05) is 570 Å². The molecule has 0 bridgehead atoms. The Kier molecular flexibility index (Phi) is 50.0. The fraction of sp³-hybridized carbons (Fsp3) is 0.571. The lowest BCUT2D eigenvalue weighted by molar-refractivity contribution is 0.556. The van der Waals surface area contributed by atoms with Crippen molar-refractivity contribution in [1.29, 1.82) is 0 Å². The van der Waals surface area contributed by atoms with E-state index in [2.05, 4.69) is 224 Å². The largest absolute Gasteiger partial charge is 0.0654 e. The smallest absolute Gasteiger partial charge is 0.0000940 e. The van der Waals surface area contributed by atoms with Crippen molar-refractivity contribution >= 4 is 32.3 Å². The standard InChI is InChI=1S/C126H180/c1-7-13-19-25-31-37-43-49-55-61-69-103-77-89-109(90-78-103)115-101-102-118-116-75-67-68-76-117(116)125-122(113-97-85-107(86-98-113)73-65-59-53-47-41-35-29-23-17-11-5)120(111-93-81-105(82-94-111)71-63-57-51-45-39-33-27-21-15-9-3)121(112-95-83-106(84-96-112)72-64-58-52-46-40-34-28-22-16-10-4)123(114-99-87-108(88-100-114)74-66-60-54-48-42-36-30-24-18-12-6)126(125)124(118)119(115)110-91-79-104(80-92-110)70-62-56-50-44-38-32-26-20-14-8-2/h67-68,75-102H,7-66,69-74H2,1-6H3. The topological polar surface area (TPSA) is 0 Å². The highest BCUT2D eigenvalue weighted by atomic mass is 14.3. The van der Waals surface area contributed by atoms with Crippen molar-refractivity contribution in [2.75, 3.05) is 0 Å². The molecule has 0 aromatic heterocycles. The molecule has 0 atom stereocenters. The monoisotopic (exact) mass is 1690 g/mol. The quantitative estimate of drug-likeness (QED) is 0.0263. The fourth-order valence-corrected chi connectivity index (χ4v) is 20.9. The summed E-state index contributed by atoms with van der Waals surface area (Å²) in [5, 5.41) is 8.13. The molecular formula is C126H180. The maximum Gasteiger partial charge on any atom is -0.0000940 e. The van der Waals surface area contributed by atoms with E-state index >= 15 is 0 Å². The van der Waals surface area contributed by atoms with E-state index in [4.69, 9.17) is 0 Å². The van der Waals surface area contributed by atoms with Crippen LogP contribution in [0.5, 0.6) is 0 Å². The van der Waals surface area contributed by atoms with Crippen LogP contribution in [0.1, 0.15) is 460 Å². The summed E-state index contributed by atoms with van der Waals surface area (Å²) in [5.74, 6) is 0. The highest BCUT2D eigenvalue weighted by Gasteiger charge is 2.30. The summed E-state index contributed by atoms with van der Waals surface area (Å²) in [4.78, 5) is 0. The predicted molar refractivity (Wildman–Crippen MR) is 565 cm³/mol. The normalized spacial score (nSPS) is 11.8. The first-order valence-corrected chi connectivity index (χ1v) is 54.5. The summed E-state index contributed by atoms with van der Waals surface area (Å²) in [5.41, 5.74) is 24.7. The fourth-order valence-electron chi connectivity index (χ4n) is 20.9. The number of hydrogen-bond donors (Lipinski definition) is 0. The van der Waals surface area contributed by atoms with Gasteiger partial charge in [-0.25, -0.2) is 0 Å². The van der Waals surface area contributed by atoms with Crippen LogP contribution in [0.3, 0.4) is 0 Å². The number of hydrogen-bond acceptors (Lipinski definition) is 0. The summed E-state index contributed by atoms with van der Waals surface area (Å²) in [6, 6.07) is 76.0. The van der Waals surface area contributed by atoms with Gasteiger partial charge < -0.3 is 0 Å². The van der Waals surface area contributed by atoms with Gasteiger partial charge in [0.2, 0.25) is 0 Å². The Labute approximate surface area is 774 Å². The van der Waals surface area contributed by atoms with E-state index in [1.807, 2.05) is 0 Å². The minimum atomic E-state index is 1.12. The molecule has 0 aliphatic rings. The number of rotatable bonds is 72. The lowest BCUT2D eigenvalue weighted by atomic mass is 9.74. The van der Waals surface area contributed by atoms with Crippen molar-refractivity contribution in [1.82, 2.24) is 0 Å². The Hall–Kier alpha value is -7.02. The van der Waals surface area contributed by atoms with E-state index < -0.39 is 0 Å². The number of fused-ring (bicyclic) bond motifs is 6. The molecule has 0 heterocycles. The molecule has 10 rings (SSSR count). The summed E-state index contributed by atoms with van der Waals surface area (Å²) in [7, 11) is 0. The second-order valence-corrected chi connectivity index (χ2v) is 39.5. The second kappa shape index (κ2) is 62.3. The molecule has 684 valence electrons. The highest BCUT2D eigenvalue weighted by Crippen LogP contribution is 2.57. The van der Waals surface area contributed by atoms with Crippen LogP contribution < -0.4 is 0 Å². The number of unbranched alkanes of at least 4 members (excludes halogenated alkanes) is 54. The van der Waals surface area contributed by atoms with Gasteiger partial charge in [0.05, 0.1) is 0 Å². The molecule has 0 saturated carbocycles. The van der Waals surface area contributed by atoms with Crippen molar-refractivity contribution in [3.8, 4) is 66.8 Å². The molecule has 0 radical (unpaired) electrons. The molecule has 0 unspecified atom stereocenters. The zero-order valence-corrected chi connectivity index (χ0v) is 82.0. The number of aryl methyl sites for hydroxylation is 6. The second-order valence-electron chi connectivity index (χ2n) is 39.5. The van der Waals surface area contributed by atoms with Crippen LogP contribution in [0.4, 0.5) is 0 Å². The van der Waals surface area contributed by atoms with E-state index in [-0.39, 0.29) is 0 Å². The van der Waals surface area contributed by atoms with Gasteiger partial charge in [-0.3, -0.25) is 0 Å². The van der Waals surface area contributed by atoms with Crippen LogP contribution in [0.15, 0.2) is 182 Å². The SMILES string of the molecule is CCCCCCCCCCCCc1ccc(-c2ccc3c4ccccc4c4c(-c5ccc(CCCCCCCCCCCC)cc5)c(-c5ccc(CCCCCCCCCCCC)cc5)c(-c5ccc(CCCCCCCCCCCC)cc5)c(-c5ccc(CCCCCCCCCCCC)cc5)c4c3c2-c2ccc(CCCCCCCCCCCC)cc2)cc1. The third-order valence-electron chi connectivity index (χ3n) is 28.8. The molecule has 0 fully saturated rings. The maximum absolute atomic E-state index is 2.59. The zero-order chi connectivity index (χ0) is 87.7. The van der Waals surface area contributed by atoms with Crippen LogP contribution in [0.2, 0.25) is 0 Å². The van der Waals surface area contributed by atoms with E-state index in [9.17, 15) is 0 Å². The van der Waals surface area contributed by atoms with Gasteiger partial charge in [-0.15, -0.1) is 0 Å². The Bertz CT molecular complexity index is 4440. The van der Waals surface area contributed by atoms with Crippen molar-refractivity contribution in [3.05, 3.63) is 215 Å². The molecule has 0 N–H and O–H groups in total. The summed E-state index contributed by atoms with van der Waals surface area (Å²) in [6.07, 6.45) is 88.1. The average Bonchev–Trinajstić information content (AvgIpc) is 0.689. The van der Waals surface area contributed by atoms with Gasteiger partial charge >= 0.3 is 0 Å². The van der Waals surface area contributed by atoms with Crippen LogP contribution >= 0.6 is 0 Å². The molecule has 126 heavy (non-hydrogen) atoms. The predicted octanol–water partition coefficient (Wildman–Crippen LogP) is 41.9. The van der Waals surface area contributed by atoms with Crippen molar-refractivity contribution in [3.63, 3.8) is 0 Å². The van der Waals surface area contributed by atoms with E-state index in [1.165, 1.54) is 518 Å². The molecule has 10 aromatic carbocycles. The van der Waals surface area contributed by atoms with Gasteiger partial charge in [0.15, 0.2) is 0 Å². The van der Waals surface area contributed by atoms with Gasteiger partial charge in [0.25, 0.3) is 0 Å².